The average molecular weight is 216 g/mol. The predicted octanol–water partition coefficient (Wildman–Crippen LogP) is 1.14. The molecule has 2 aromatic heterocycles. The first-order chi connectivity index (χ1) is 7.68. The van der Waals surface area contributed by atoms with Gasteiger partial charge in [0.05, 0.1) is 0 Å². The molecular formula is C11H8N2O3. The Morgan fingerprint density at radius 3 is 2.56 bits per heavy atom. The molecular weight excluding hydrogens is 208 g/mol. The number of carboxylic acid groups (broad SMARTS) is 1. The van der Waals surface area contributed by atoms with E-state index in [0.717, 1.165) is 5.56 Å². The lowest BCUT2D eigenvalue weighted by molar-refractivity contribution is 0.0695. The molecule has 0 fully saturated rings. The molecule has 5 nitrogen and oxygen atoms in total. The van der Waals surface area contributed by atoms with Crippen molar-refractivity contribution in [3.8, 4) is 11.1 Å². The molecule has 2 aromatic rings. The van der Waals surface area contributed by atoms with Crippen LogP contribution in [0.5, 0.6) is 0 Å². The van der Waals surface area contributed by atoms with E-state index in [1.165, 1.54) is 12.3 Å². The highest BCUT2D eigenvalue weighted by Gasteiger charge is 2.09. The van der Waals surface area contributed by atoms with Crippen LogP contribution >= 0.6 is 0 Å². The molecule has 16 heavy (non-hydrogen) atoms. The zero-order chi connectivity index (χ0) is 11.5. The Morgan fingerprint density at radius 2 is 1.94 bits per heavy atom. The third-order valence-corrected chi connectivity index (χ3v) is 2.15. The minimum atomic E-state index is -1.24. The molecule has 0 atom stereocenters. The van der Waals surface area contributed by atoms with Crippen LogP contribution in [0.2, 0.25) is 0 Å². The van der Waals surface area contributed by atoms with Crippen LogP contribution in [0.1, 0.15) is 10.4 Å². The van der Waals surface area contributed by atoms with Crippen LogP contribution in [0, 0.1) is 0 Å². The molecule has 2 heterocycles. The lowest BCUT2D eigenvalue weighted by Crippen LogP contribution is -2.16. The quantitative estimate of drug-likeness (QED) is 0.788. The van der Waals surface area contributed by atoms with E-state index in [-0.39, 0.29) is 5.56 Å². The molecule has 80 valence electrons. The lowest BCUT2D eigenvalue weighted by Gasteiger charge is -2.01. The second-order valence-corrected chi connectivity index (χ2v) is 3.17. The highest BCUT2D eigenvalue weighted by Crippen LogP contribution is 2.16. The van der Waals surface area contributed by atoms with Crippen molar-refractivity contribution in [2.45, 2.75) is 0 Å². The van der Waals surface area contributed by atoms with Gasteiger partial charge in [0.25, 0.3) is 5.56 Å². The van der Waals surface area contributed by atoms with Crippen LogP contribution in [0.15, 0.2) is 41.6 Å². The molecule has 0 spiro atoms. The number of nitrogens with one attached hydrogen (secondary N) is 1. The van der Waals surface area contributed by atoms with Crippen LogP contribution in [-0.4, -0.2) is 21.0 Å². The van der Waals surface area contributed by atoms with Crippen molar-refractivity contribution in [2.75, 3.05) is 0 Å². The van der Waals surface area contributed by atoms with Crippen molar-refractivity contribution in [2.24, 2.45) is 0 Å². The molecule has 0 aromatic carbocycles. The molecule has 0 saturated heterocycles. The first-order valence-electron chi connectivity index (χ1n) is 4.55. The number of rotatable bonds is 2. The van der Waals surface area contributed by atoms with Crippen LogP contribution in [0.25, 0.3) is 11.1 Å². The maximum Gasteiger partial charge on any atom is 0.341 e. The fourth-order valence-corrected chi connectivity index (χ4v) is 1.35. The Kier molecular flexibility index (Phi) is 2.51. The minimum Gasteiger partial charge on any atom is -0.477 e. The van der Waals surface area contributed by atoms with Crippen molar-refractivity contribution in [3.63, 3.8) is 0 Å². The summed E-state index contributed by atoms with van der Waals surface area (Å²) in [5, 5.41) is 8.80. The Morgan fingerprint density at radius 1 is 1.25 bits per heavy atom. The summed E-state index contributed by atoms with van der Waals surface area (Å²) in [7, 11) is 0. The second-order valence-electron chi connectivity index (χ2n) is 3.17. The molecule has 0 radical (unpaired) electrons. The molecule has 0 aliphatic rings. The van der Waals surface area contributed by atoms with Gasteiger partial charge >= 0.3 is 5.97 Å². The molecule has 0 unspecified atom stereocenters. The highest BCUT2D eigenvalue weighted by molar-refractivity contribution is 5.88. The van der Waals surface area contributed by atoms with Gasteiger partial charge in [-0.2, -0.15) is 0 Å². The van der Waals surface area contributed by atoms with Crippen LogP contribution in [0.4, 0.5) is 0 Å². The molecule has 0 aliphatic heterocycles. The van der Waals surface area contributed by atoms with E-state index in [1.54, 1.807) is 24.5 Å². The summed E-state index contributed by atoms with van der Waals surface area (Å²) < 4.78 is 0. The number of hydrogen-bond donors (Lipinski definition) is 2. The third-order valence-electron chi connectivity index (χ3n) is 2.15. The van der Waals surface area contributed by atoms with E-state index in [1.807, 2.05) is 0 Å². The fourth-order valence-electron chi connectivity index (χ4n) is 1.35. The third kappa shape index (κ3) is 1.83. The van der Waals surface area contributed by atoms with E-state index in [2.05, 4.69) is 9.97 Å². The van der Waals surface area contributed by atoms with Crippen molar-refractivity contribution in [3.05, 3.63) is 52.7 Å². The summed E-state index contributed by atoms with van der Waals surface area (Å²) in [4.78, 5) is 28.2. The van der Waals surface area contributed by atoms with Gasteiger partial charge in [0, 0.05) is 18.6 Å². The number of H-pyrrole nitrogens is 1. The van der Waals surface area contributed by atoms with Gasteiger partial charge < -0.3 is 10.1 Å². The van der Waals surface area contributed by atoms with E-state index in [4.69, 9.17) is 5.11 Å². The fraction of sp³-hybridized carbons (Fsp3) is 0. The van der Waals surface area contributed by atoms with Crippen LogP contribution < -0.4 is 5.56 Å². The van der Waals surface area contributed by atoms with Crippen LogP contribution in [-0.2, 0) is 0 Å². The molecule has 2 rings (SSSR count). The number of carboxylic acids is 1. The number of pyridine rings is 2. The summed E-state index contributed by atoms with van der Waals surface area (Å²) in [5.41, 5.74) is 0.563. The van der Waals surface area contributed by atoms with Crippen LogP contribution in [0.3, 0.4) is 0 Å². The minimum absolute atomic E-state index is 0.269. The summed E-state index contributed by atoms with van der Waals surface area (Å²) in [6.07, 6.45) is 4.67. The van der Waals surface area contributed by atoms with Gasteiger partial charge in [-0.05, 0) is 29.3 Å². The Balaban J connectivity index is 2.57. The van der Waals surface area contributed by atoms with Gasteiger partial charge in [-0.25, -0.2) is 4.79 Å². The summed E-state index contributed by atoms with van der Waals surface area (Å²) >= 11 is 0. The normalized spacial score (nSPS) is 10.0. The van der Waals surface area contributed by atoms with E-state index >= 15 is 0 Å². The molecule has 2 N–H and O–H groups in total. The first-order valence-corrected chi connectivity index (χ1v) is 4.55. The van der Waals surface area contributed by atoms with Gasteiger partial charge in [-0.3, -0.25) is 9.78 Å². The van der Waals surface area contributed by atoms with E-state index < -0.39 is 11.5 Å². The number of aromatic carboxylic acids is 1. The van der Waals surface area contributed by atoms with Crippen molar-refractivity contribution in [1.82, 2.24) is 9.97 Å². The van der Waals surface area contributed by atoms with Crippen molar-refractivity contribution < 1.29 is 9.90 Å². The average Bonchev–Trinajstić information content (AvgIpc) is 2.30. The Bertz CT molecular complexity index is 575. The molecule has 0 aliphatic carbocycles. The maximum absolute atomic E-state index is 11.2. The molecule has 0 saturated carbocycles. The molecule has 5 heteroatoms. The number of hydrogen-bond acceptors (Lipinski definition) is 3. The SMILES string of the molecule is O=C(O)c1cc(-c2ccncc2)c[nH]c1=O. The van der Waals surface area contributed by atoms with Gasteiger partial charge in [0.15, 0.2) is 0 Å². The Hall–Kier alpha value is -2.43. The summed E-state index contributed by atoms with van der Waals surface area (Å²) in [6.45, 7) is 0. The van der Waals surface area contributed by atoms with Gasteiger partial charge in [-0.1, -0.05) is 0 Å². The summed E-state index contributed by atoms with van der Waals surface area (Å²) in [5.74, 6) is -1.24. The standard InChI is InChI=1S/C11H8N2O3/c14-10-9(11(15)16)5-8(6-13-10)7-1-3-12-4-2-7/h1-6H,(H,13,14)(H,15,16). The second kappa shape index (κ2) is 3.98. The van der Waals surface area contributed by atoms with Crippen molar-refractivity contribution in [1.29, 1.82) is 0 Å². The molecule has 0 amide bonds. The van der Waals surface area contributed by atoms with Gasteiger partial charge in [-0.15, -0.1) is 0 Å². The van der Waals surface area contributed by atoms with Gasteiger partial charge in [0.2, 0.25) is 0 Å². The number of aromatic amines is 1. The maximum atomic E-state index is 11.2. The zero-order valence-electron chi connectivity index (χ0n) is 8.18. The Labute approximate surface area is 90.4 Å². The summed E-state index contributed by atoms with van der Waals surface area (Å²) in [6, 6.07) is 4.81. The smallest absolute Gasteiger partial charge is 0.341 e. The number of nitrogens with zero attached hydrogens (tertiary/aromatic N) is 1. The van der Waals surface area contributed by atoms with Gasteiger partial charge in [0.1, 0.15) is 5.56 Å². The topological polar surface area (TPSA) is 83.0 Å². The monoisotopic (exact) mass is 216 g/mol. The molecule has 0 bridgehead atoms. The lowest BCUT2D eigenvalue weighted by atomic mass is 10.1. The van der Waals surface area contributed by atoms with E-state index in [0.29, 0.717) is 5.56 Å². The first kappa shape index (κ1) is 10.1. The predicted molar refractivity (Wildman–Crippen MR) is 57.3 cm³/mol. The van der Waals surface area contributed by atoms with Crippen molar-refractivity contribution >= 4 is 5.97 Å². The number of aromatic nitrogens is 2. The number of carbonyl (C=O) groups is 1. The van der Waals surface area contributed by atoms with E-state index in [9.17, 15) is 9.59 Å². The largest absolute Gasteiger partial charge is 0.477 e. The zero-order valence-corrected chi connectivity index (χ0v) is 8.18. The highest BCUT2D eigenvalue weighted by atomic mass is 16.4.